The maximum atomic E-state index is 4.89. The van der Waals surface area contributed by atoms with E-state index in [1.54, 1.807) is 0 Å². The summed E-state index contributed by atoms with van der Waals surface area (Å²) in [4.78, 5) is 7.40. The molecular formula is C19H24N4S. The lowest BCUT2D eigenvalue weighted by atomic mass is 9.80. The molecule has 1 aliphatic rings. The molecule has 4 nitrogen and oxygen atoms in total. The molecule has 1 aromatic carbocycles. The first kappa shape index (κ1) is 15.8. The molecule has 2 aromatic heterocycles. The molecule has 0 atom stereocenters. The second-order valence-corrected chi connectivity index (χ2v) is 8.00. The van der Waals surface area contributed by atoms with E-state index in [9.17, 15) is 0 Å². The van der Waals surface area contributed by atoms with Gasteiger partial charge in [-0.25, -0.2) is 4.98 Å². The molecule has 4 rings (SSSR count). The molecule has 1 aliphatic carbocycles. The van der Waals surface area contributed by atoms with Gasteiger partial charge in [-0.2, -0.15) is 5.10 Å². The maximum Gasteiger partial charge on any atom is 0.0970 e. The van der Waals surface area contributed by atoms with Gasteiger partial charge in [-0.3, -0.25) is 4.68 Å². The van der Waals surface area contributed by atoms with Crippen molar-refractivity contribution in [1.29, 1.82) is 0 Å². The smallest absolute Gasteiger partial charge is 0.0970 e. The molecule has 0 radical (unpaired) electrons. The number of benzene rings is 1. The molecule has 0 unspecified atom stereocenters. The molecular weight excluding hydrogens is 316 g/mol. The molecule has 5 heteroatoms. The van der Waals surface area contributed by atoms with E-state index in [1.807, 2.05) is 29.3 Å². The van der Waals surface area contributed by atoms with Crippen LogP contribution in [0.25, 0.3) is 21.3 Å². The highest BCUT2D eigenvalue weighted by Gasteiger charge is 2.34. The highest BCUT2D eigenvalue weighted by molar-refractivity contribution is 7.18. The van der Waals surface area contributed by atoms with Crippen molar-refractivity contribution in [3.8, 4) is 11.1 Å². The van der Waals surface area contributed by atoms with E-state index in [1.165, 1.54) is 46.6 Å². The van der Waals surface area contributed by atoms with Crippen molar-refractivity contribution in [1.82, 2.24) is 19.7 Å². The summed E-state index contributed by atoms with van der Waals surface area (Å²) in [6, 6.07) is 7.30. The molecule has 126 valence electrons. The van der Waals surface area contributed by atoms with Gasteiger partial charge in [0.15, 0.2) is 0 Å². The van der Waals surface area contributed by atoms with Gasteiger partial charge >= 0.3 is 0 Å². The Hall–Kier alpha value is -1.72. The summed E-state index contributed by atoms with van der Waals surface area (Å²) in [5, 5.41) is 5.58. The zero-order valence-electron chi connectivity index (χ0n) is 14.6. The second-order valence-electron chi connectivity index (χ2n) is 6.94. The Morgan fingerprint density at radius 3 is 2.83 bits per heavy atom. The summed E-state index contributed by atoms with van der Waals surface area (Å²) < 4.78 is 3.13. The van der Waals surface area contributed by atoms with E-state index >= 15 is 0 Å². The lowest BCUT2D eigenvalue weighted by Gasteiger charge is -2.40. The molecule has 1 fully saturated rings. The Morgan fingerprint density at radius 1 is 1.29 bits per heavy atom. The first-order chi connectivity index (χ1) is 11.6. The van der Waals surface area contributed by atoms with Crippen LogP contribution in [0.4, 0.5) is 0 Å². The zero-order chi connectivity index (χ0) is 16.7. The van der Waals surface area contributed by atoms with Crippen LogP contribution in [0, 0.1) is 0 Å². The van der Waals surface area contributed by atoms with Gasteiger partial charge in [0.1, 0.15) is 0 Å². The SMILES string of the molecule is CCCN(C)C1CC(c2nc3ccc(-c4cnn(C)c4)cc3s2)C1. The largest absolute Gasteiger partial charge is 0.303 e. The topological polar surface area (TPSA) is 34.0 Å². The molecule has 0 bridgehead atoms. The van der Waals surface area contributed by atoms with Gasteiger partial charge in [0, 0.05) is 30.8 Å². The first-order valence-electron chi connectivity index (χ1n) is 8.73. The predicted molar refractivity (Wildman–Crippen MR) is 101 cm³/mol. The van der Waals surface area contributed by atoms with Crippen molar-refractivity contribution in [2.45, 2.75) is 38.1 Å². The van der Waals surface area contributed by atoms with Crippen LogP contribution in [0.2, 0.25) is 0 Å². The molecule has 0 spiro atoms. The summed E-state index contributed by atoms with van der Waals surface area (Å²) in [6.07, 6.45) is 7.72. The Morgan fingerprint density at radius 2 is 2.12 bits per heavy atom. The first-order valence-corrected chi connectivity index (χ1v) is 9.55. The van der Waals surface area contributed by atoms with Gasteiger partial charge in [-0.15, -0.1) is 11.3 Å². The minimum absolute atomic E-state index is 0.647. The summed E-state index contributed by atoms with van der Waals surface area (Å²) in [5.74, 6) is 0.647. The fourth-order valence-electron chi connectivity index (χ4n) is 3.55. The number of thiazole rings is 1. The molecule has 2 heterocycles. The minimum Gasteiger partial charge on any atom is -0.303 e. The van der Waals surface area contributed by atoms with Crippen molar-refractivity contribution >= 4 is 21.6 Å². The van der Waals surface area contributed by atoms with Crippen LogP contribution in [0.15, 0.2) is 30.6 Å². The molecule has 0 N–H and O–H groups in total. The molecule has 0 aliphatic heterocycles. The molecule has 24 heavy (non-hydrogen) atoms. The summed E-state index contributed by atoms with van der Waals surface area (Å²) in [5.41, 5.74) is 3.52. The minimum atomic E-state index is 0.647. The number of rotatable bonds is 5. The lowest BCUT2D eigenvalue weighted by molar-refractivity contribution is 0.137. The fourth-order valence-corrected chi connectivity index (χ4v) is 4.68. The number of aryl methyl sites for hydroxylation is 1. The third kappa shape index (κ3) is 2.87. The zero-order valence-corrected chi connectivity index (χ0v) is 15.4. The van der Waals surface area contributed by atoms with E-state index in [0.29, 0.717) is 5.92 Å². The van der Waals surface area contributed by atoms with Crippen LogP contribution in [0.3, 0.4) is 0 Å². The average molecular weight is 340 g/mol. The molecule has 0 amide bonds. The van der Waals surface area contributed by atoms with Crippen LogP contribution < -0.4 is 0 Å². The van der Waals surface area contributed by atoms with Crippen molar-refractivity contribution < 1.29 is 0 Å². The Kier molecular flexibility index (Phi) is 4.14. The molecule has 0 saturated heterocycles. The number of aromatic nitrogens is 3. The van der Waals surface area contributed by atoms with Crippen molar-refractivity contribution in [3.05, 3.63) is 35.6 Å². The van der Waals surface area contributed by atoms with Crippen LogP contribution >= 0.6 is 11.3 Å². The van der Waals surface area contributed by atoms with Gasteiger partial charge < -0.3 is 4.90 Å². The average Bonchev–Trinajstić information content (AvgIpc) is 3.11. The third-order valence-corrected chi connectivity index (χ3v) is 6.29. The summed E-state index contributed by atoms with van der Waals surface area (Å²) >= 11 is 1.87. The van der Waals surface area contributed by atoms with E-state index < -0.39 is 0 Å². The van der Waals surface area contributed by atoms with Gasteiger partial charge in [0.2, 0.25) is 0 Å². The molecule has 3 aromatic rings. The number of fused-ring (bicyclic) bond motifs is 1. The van der Waals surface area contributed by atoms with E-state index in [4.69, 9.17) is 4.98 Å². The van der Waals surface area contributed by atoms with Gasteiger partial charge in [-0.1, -0.05) is 13.0 Å². The Balaban J connectivity index is 1.52. The van der Waals surface area contributed by atoms with Gasteiger partial charge in [-0.05, 0) is 50.6 Å². The second kappa shape index (κ2) is 6.30. The quantitative estimate of drug-likeness (QED) is 0.695. The lowest BCUT2D eigenvalue weighted by Crippen LogP contribution is -2.41. The Labute approximate surface area is 147 Å². The highest BCUT2D eigenvalue weighted by atomic mass is 32.1. The number of hydrogen-bond donors (Lipinski definition) is 0. The van der Waals surface area contributed by atoms with Gasteiger partial charge in [0.25, 0.3) is 0 Å². The number of nitrogens with zero attached hydrogens (tertiary/aromatic N) is 4. The molecule has 1 saturated carbocycles. The normalized spacial score (nSPS) is 20.7. The van der Waals surface area contributed by atoms with E-state index in [-0.39, 0.29) is 0 Å². The summed E-state index contributed by atoms with van der Waals surface area (Å²) in [7, 11) is 4.21. The monoisotopic (exact) mass is 340 g/mol. The van der Waals surface area contributed by atoms with Gasteiger partial charge in [0.05, 0.1) is 21.4 Å². The van der Waals surface area contributed by atoms with Crippen molar-refractivity contribution in [3.63, 3.8) is 0 Å². The van der Waals surface area contributed by atoms with Crippen LogP contribution in [-0.2, 0) is 7.05 Å². The van der Waals surface area contributed by atoms with E-state index in [0.717, 1.165) is 11.6 Å². The predicted octanol–water partition coefficient (Wildman–Crippen LogP) is 4.28. The maximum absolute atomic E-state index is 4.89. The highest BCUT2D eigenvalue weighted by Crippen LogP contribution is 2.42. The standard InChI is InChI=1S/C19H24N4S/c1-4-7-22(2)16-8-14(9-16)19-21-17-6-5-13(10-18(17)24-19)15-11-20-23(3)12-15/h5-6,10-12,14,16H,4,7-9H2,1-3H3. The summed E-state index contributed by atoms with van der Waals surface area (Å²) in [6.45, 7) is 3.45. The number of hydrogen-bond acceptors (Lipinski definition) is 4. The van der Waals surface area contributed by atoms with Crippen LogP contribution in [-0.4, -0.2) is 39.3 Å². The Bertz CT molecular complexity index is 844. The third-order valence-electron chi connectivity index (χ3n) is 5.11. The van der Waals surface area contributed by atoms with E-state index in [2.05, 4.69) is 48.4 Å². The van der Waals surface area contributed by atoms with Crippen molar-refractivity contribution in [2.75, 3.05) is 13.6 Å². The van der Waals surface area contributed by atoms with Crippen LogP contribution in [0.1, 0.15) is 37.1 Å². The van der Waals surface area contributed by atoms with Crippen molar-refractivity contribution in [2.24, 2.45) is 7.05 Å². The van der Waals surface area contributed by atoms with Crippen LogP contribution in [0.5, 0.6) is 0 Å². The fraction of sp³-hybridized carbons (Fsp3) is 0.474.